The standard InChI is InChI=1S/C12H16BrClFNOS/c1-12(2,3)18(17)16-7-6-8-4-5-9(13)11(15)10(8)14/h4-5,16H,6-7H2,1-3H3. The Labute approximate surface area is 124 Å². The van der Waals surface area contributed by atoms with Gasteiger partial charge in [-0.2, -0.15) is 0 Å². The molecule has 0 spiro atoms. The largest absolute Gasteiger partial charge is 0.598 e. The van der Waals surface area contributed by atoms with E-state index in [0.717, 1.165) is 0 Å². The van der Waals surface area contributed by atoms with Crippen LogP contribution in [0.5, 0.6) is 0 Å². The molecule has 18 heavy (non-hydrogen) atoms. The van der Waals surface area contributed by atoms with Gasteiger partial charge < -0.3 is 4.55 Å². The molecule has 102 valence electrons. The molecule has 1 unspecified atom stereocenters. The SMILES string of the molecule is CC(C)(C)[S+]([O-])NCCc1ccc(Br)c(F)c1Cl. The maximum absolute atomic E-state index is 13.5. The minimum atomic E-state index is -1.12. The summed E-state index contributed by atoms with van der Waals surface area (Å²) in [5.74, 6) is -0.453. The Morgan fingerprint density at radius 2 is 2.06 bits per heavy atom. The minimum absolute atomic E-state index is 0.118. The summed E-state index contributed by atoms with van der Waals surface area (Å²) < 4.78 is 28.2. The molecule has 0 aliphatic carbocycles. The van der Waals surface area contributed by atoms with Crippen molar-refractivity contribution in [2.75, 3.05) is 6.54 Å². The summed E-state index contributed by atoms with van der Waals surface area (Å²) in [4.78, 5) is 0. The van der Waals surface area contributed by atoms with Crippen LogP contribution in [0.25, 0.3) is 0 Å². The maximum Gasteiger partial charge on any atom is 0.156 e. The molecule has 6 heteroatoms. The molecule has 1 aromatic rings. The monoisotopic (exact) mass is 355 g/mol. The molecule has 1 N–H and O–H groups in total. The fourth-order valence-electron chi connectivity index (χ4n) is 1.25. The average Bonchev–Trinajstić information content (AvgIpc) is 2.27. The summed E-state index contributed by atoms with van der Waals surface area (Å²) in [5, 5.41) is 0.118. The third kappa shape index (κ3) is 4.38. The number of hydrogen-bond acceptors (Lipinski definition) is 2. The Morgan fingerprint density at radius 3 is 2.61 bits per heavy atom. The summed E-state index contributed by atoms with van der Waals surface area (Å²) in [6.07, 6.45) is 0.533. The van der Waals surface area contributed by atoms with Gasteiger partial charge in [0.05, 0.1) is 9.50 Å². The van der Waals surface area contributed by atoms with Gasteiger partial charge in [0, 0.05) is 17.9 Å². The smallest absolute Gasteiger partial charge is 0.156 e. The van der Waals surface area contributed by atoms with Crippen LogP contribution >= 0.6 is 27.5 Å². The van der Waals surface area contributed by atoms with Gasteiger partial charge in [-0.25, -0.2) is 4.39 Å². The molecule has 0 amide bonds. The van der Waals surface area contributed by atoms with Crippen LogP contribution in [0.15, 0.2) is 16.6 Å². The predicted molar refractivity (Wildman–Crippen MR) is 78.7 cm³/mol. The van der Waals surface area contributed by atoms with Gasteiger partial charge in [0.1, 0.15) is 4.75 Å². The number of hydrogen-bond donors (Lipinski definition) is 1. The van der Waals surface area contributed by atoms with Gasteiger partial charge in [-0.1, -0.05) is 17.7 Å². The van der Waals surface area contributed by atoms with Gasteiger partial charge in [-0.15, -0.1) is 4.72 Å². The summed E-state index contributed by atoms with van der Waals surface area (Å²) in [6.45, 7) is 6.16. The lowest BCUT2D eigenvalue weighted by atomic mass is 10.1. The van der Waals surface area contributed by atoms with Crippen LogP contribution in [0.4, 0.5) is 4.39 Å². The summed E-state index contributed by atoms with van der Waals surface area (Å²) >= 11 is 7.85. The third-order valence-electron chi connectivity index (χ3n) is 2.30. The number of nitrogens with one attached hydrogen (secondary N) is 1. The molecule has 1 atom stereocenters. The summed E-state index contributed by atoms with van der Waals surface area (Å²) in [7, 11) is 0. The van der Waals surface area contributed by atoms with Crippen LogP contribution in [0.1, 0.15) is 26.3 Å². The van der Waals surface area contributed by atoms with Crippen LogP contribution in [0.3, 0.4) is 0 Å². The van der Waals surface area contributed by atoms with Crippen LogP contribution in [-0.2, 0) is 17.8 Å². The lowest BCUT2D eigenvalue weighted by molar-refractivity contribution is 0.544. The van der Waals surface area contributed by atoms with Crippen molar-refractivity contribution in [3.8, 4) is 0 Å². The lowest BCUT2D eigenvalue weighted by Crippen LogP contribution is -2.40. The van der Waals surface area contributed by atoms with Gasteiger partial charge >= 0.3 is 0 Å². The van der Waals surface area contributed by atoms with Crippen molar-refractivity contribution >= 4 is 38.9 Å². The predicted octanol–water partition coefficient (Wildman–Crippen LogP) is 3.84. The van der Waals surface area contributed by atoms with E-state index in [2.05, 4.69) is 20.7 Å². The Bertz CT molecular complexity index is 425. The van der Waals surface area contributed by atoms with Crippen LogP contribution < -0.4 is 4.72 Å². The molecule has 0 fully saturated rings. The quantitative estimate of drug-likeness (QED) is 0.657. The van der Waals surface area contributed by atoms with Crippen LogP contribution in [-0.4, -0.2) is 15.8 Å². The Balaban J connectivity index is 2.58. The molecule has 0 saturated heterocycles. The second kappa shape index (κ2) is 6.57. The van der Waals surface area contributed by atoms with E-state index in [9.17, 15) is 8.94 Å². The van der Waals surface area contributed by atoms with Crippen LogP contribution in [0.2, 0.25) is 5.02 Å². The highest BCUT2D eigenvalue weighted by Crippen LogP contribution is 2.27. The van der Waals surface area contributed by atoms with E-state index in [0.29, 0.717) is 23.0 Å². The molecule has 0 heterocycles. The summed E-state index contributed by atoms with van der Waals surface area (Å²) in [5.41, 5.74) is 0.704. The van der Waals surface area contributed by atoms with Gasteiger partial charge in [0.2, 0.25) is 0 Å². The topological polar surface area (TPSA) is 35.1 Å². The Kier molecular flexibility index (Phi) is 5.93. The zero-order valence-corrected chi connectivity index (χ0v) is 13.7. The first-order valence-corrected chi connectivity index (χ1v) is 7.83. The van der Waals surface area contributed by atoms with E-state index in [1.54, 1.807) is 12.1 Å². The normalized spacial score (nSPS) is 13.7. The van der Waals surface area contributed by atoms with Crippen LogP contribution in [0, 0.1) is 5.82 Å². The molecule has 0 saturated carbocycles. The van der Waals surface area contributed by atoms with Crippen molar-refractivity contribution in [1.29, 1.82) is 0 Å². The van der Waals surface area contributed by atoms with E-state index in [4.69, 9.17) is 11.6 Å². The fourth-order valence-corrected chi connectivity index (χ4v) is 2.68. The fraction of sp³-hybridized carbons (Fsp3) is 0.500. The molecule has 0 aromatic heterocycles. The Morgan fingerprint density at radius 1 is 1.44 bits per heavy atom. The van der Waals surface area contributed by atoms with E-state index < -0.39 is 17.2 Å². The van der Waals surface area contributed by atoms with Gasteiger partial charge in [-0.05, 0) is 54.8 Å². The van der Waals surface area contributed by atoms with Crippen molar-refractivity contribution in [3.05, 3.63) is 33.0 Å². The zero-order valence-electron chi connectivity index (χ0n) is 10.5. The molecule has 0 bridgehead atoms. The minimum Gasteiger partial charge on any atom is -0.598 e. The molecular formula is C12H16BrClFNOS. The lowest BCUT2D eigenvalue weighted by Gasteiger charge is -2.23. The second-order valence-electron chi connectivity index (χ2n) is 4.86. The molecule has 2 nitrogen and oxygen atoms in total. The van der Waals surface area contributed by atoms with E-state index >= 15 is 0 Å². The van der Waals surface area contributed by atoms with Crippen molar-refractivity contribution in [2.45, 2.75) is 31.9 Å². The molecular weight excluding hydrogens is 341 g/mol. The van der Waals surface area contributed by atoms with Crippen molar-refractivity contribution < 1.29 is 8.94 Å². The highest BCUT2D eigenvalue weighted by molar-refractivity contribution is 9.10. The first kappa shape index (κ1) is 16.2. The number of rotatable bonds is 4. The average molecular weight is 357 g/mol. The first-order valence-electron chi connectivity index (χ1n) is 5.51. The highest BCUT2D eigenvalue weighted by Gasteiger charge is 2.25. The Hall–Kier alpha value is 0.190. The highest BCUT2D eigenvalue weighted by atomic mass is 79.9. The maximum atomic E-state index is 13.5. The van der Waals surface area contributed by atoms with E-state index in [1.165, 1.54) is 0 Å². The number of halogens is 3. The molecule has 0 radical (unpaired) electrons. The molecule has 1 aromatic carbocycles. The zero-order chi connectivity index (χ0) is 13.9. The molecule has 0 aliphatic rings. The van der Waals surface area contributed by atoms with E-state index in [1.807, 2.05) is 20.8 Å². The summed E-state index contributed by atoms with van der Waals surface area (Å²) in [6, 6.07) is 3.38. The van der Waals surface area contributed by atoms with Crippen molar-refractivity contribution in [2.24, 2.45) is 0 Å². The van der Waals surface area contributed by atoms with Crippen molar-refractivity contribution in [1.82, 2.24) is 4.72 Å². The van der Waals surface area contributed by atoms with E-state index in [-0.39, 0.29) is 9.77 Å². The van der Waals surface area contributed by atoms with Gasteiger partial charge in [0.25, 0.3) is 0 Å². The van der Waals surface area contributed by atoms with Gasteiger partial charge in [0.15, 0.2) is 5.82 Å². The third-order valence-corrected chi connectivity index (χ3v) is 4.90. The molecule has 0 aliphatic heterocycles. The van der Waals surface area contributed by atoms with Gasteiger partial charge in [-0.3, -0.25) is 0 Å². The number of benzene rings is 1. The van der Waals surface area contributed by atoms with Crippen molar-refractivity contribution in [3.63, 3.8) is 0 Å². The molecule has 1 rings (SSSR count). The second-order valence-corrected chi connectivity index (χ2v) is 8.14. The first-order chi connectivity index (χ1) is 8.23.